The second-order valence-corrected chi connectivity index (χ2v) is 5.65. The molecule has 2 atom stereocenters. The van der Waals surface area contributed by atoms with E-state index in [-0.39, 0.29) is 11.8 Å². The molecule has 0 saturated carbocycles. The van der Waals surface area contributed by atoms with E-state index in [0.29, 0.717) is 5.23 Å². The highest BCUT2D eigenvalue weighted by atomic mass is 32.2. The van der Waals surface area contributed by atoms with Gasteiger partial charge in [-0.1, -0.05) is 43.5 Å². The summed E-state index contributed by atoms with van der Waals surface area (Å²) in [5.41, 5.74) is 0.983. The monoisotopic (exact) mass is 302 g/mol. The predicted octanol–water partition coefficient (Wildman–Crippen LogP) is 4.47. The normalized spacial score (nSPS) is 19.0. The first-order valence-electron chi connectivity index (χ1n) is 7.04. The fourth-order valence-corrected chi connectivity index (χ4v) is 2.62. The second kappa shape index (κ2) is 9.25. The number of thioether (sulfide) groups is 1. The van der Waals surface area contributed by atoms with Crippen molar-refractivity contribution < 1.29 is 4.74 Å². The highest BCUT2D eigenvalue weighted by Crippen LogP contribution is 2.25. The average molecular weight is 302 g/mol. The van der Waals surface area contributed by atoms with E-state index in [9.17, 15) is 5.26 Å². The van der Waals surface area contributed by atoms with Crippen molar-refractivity contribution in [1.82, 2.24) is 0 Å². The molecule has 0 aromatic heterocycles. The van der Waals surface area contributed by atoms with E-state index >= 15 is 0 Å². The minimum Gasteiger partial charge on any atom is -0.434 e. The minimum absolute atomic E-state index is 0.0559. The van der Waals surface area contributed by atoms with Gasteiger partial charge in [0.2, 0.25) is 0 Å². The molecule has 1 rings (SSSR count). The molecule has 0 N–H and O–H groups in total. The van der Waals surface area contributed by atoms with Gasteiger partial charge in [0.15, 0.2) is 0 Å². The van der Waals surface area contributed by atoms with Crippen molar-refractivity contribution in [2.24, 2.45) is 16.8 Å². The fourth-order valence-electron chi connectivity index (χ4n) is 1.93. The smallest absolute Gasteiger partial charge is 0.251 e. The Balaban J connectivity index is 2.89. The van der Waals surface area contributed by atoms with Gasteiger partial charge < -0.3 is 4.74 Å². The quantitative estimate of drug-likeness (QED) is 0.413. The van der Waals surface area contributed by atoms with Crippen LogP contribution < -0.4 is 0 Å². The molecule has 0 spiro atoms. The van der Waals surface area contributed by atoms with E-state index in [2.05, 4.69) is 17.6 Å². The lowest BCUT2D eigenvalue weighted by Gasteiger charge is -2.16. The van der Waals surface area contributed by atoms with Crippen LogP contribution in [0.5, 0.6) is 0 Å². The number of rotatable bonds is 6. The summed E-state index contributed by atoms with van der Waals surface area (Å²) in [5, 5.41) is 9.97. The summed E-state index contributed by atoms with van der Waals surface area (Å²) < 4.78 is 5.77. The maximum Gasteiger partial charge on any atom is 0.251 e. The zero-order valence-corrected chi connectivity index (χ0v) is 13.7. The van der Waals surface area contributed by atoms with Crippen molar-refractivity contribution in [3.63, 3.8) is 0 Å². The van der Waals surface area contributed by atoms with Crippen LogP contribution in [-0.2, 0) is 4.74 Å². The first-order chi connectivity index (χ1) is 10.2. The van der Waals surface area contributed by atoms with E-state index < -0.39 is 0 Å². The minimum atomic E-state index is -0.171. The van der Waals surface area contributed by atoms with Crippen LogP contribution in [0.4, 0.5) is 0 Å². The van der Waals surface area contributed by atoms with Gasteiger partial charge in [-0.25, -0.2) is 4.99 Å². The molecule has 0 aromatic carbocycles. The lowest BCUT2D eigenvalue weighted by atomic mass is 9.87. The van der Waals surface area contributed by atoms with Gasteiger partial charge in [0, 0.05) is 11.7 Å². The third kappa shape index (κ3) is 5.28. The van der Waals surface area contributed by atoms with E-state index in [1.807, 2.05) is 45.1 Å². The molecule has 0 amide bonds. The number of aliphatic imine (C=N–C) groups is 1. The largest absolute Gasteiger partial charge is 0.434 e. The SMILES string of the molecule is C=C/C(=C\C(=C/C)OC1=NCCS1)C(C)C(C#N)/C=C/C. The Kier molecular flexibility index (Phi) is 7.63. The molecule has 21 heavy (non-hydrogen) atoms. The van der Waals surface area contributed by atoms with Gasteiger partial charge in [-0.2, -0.15) is 5.26 Å². The van der Waals surface area contributed by atoms with Crippen LogP contribution in [0.25, 0.3) is 0 Å². The third-order valence-corrected chi connectivity index (χ3v) is 4.05. The van der Waals surface area contributed by atoms with E-state index in [1.165, 1.54) is 0 Å². The van der Waals surface area contributed by atoms with Crippen LogP contribution >= 0.6 is 11.8 Å². The van der Waals surface area contributed by atoms with Gasteiger partial charge in [0.25, 0.3) is 5.23 Å². The first kappa shape index (κ1) is 17.3. The van der Waals surface area contributed by atoms with Gasteiger partial charge in [0.1, 0.15) is 5.76 Å². The molecular formula is C17H22N2OS. The Hall–Kier alpha value is -1.73. The van der Waals surface area contributed by atoms with Crippen LogP contribution in [0.2, 0.25) is 0 Å². The lowest BCUT2D eigenvalue weighted by molar-refractivity contribution is 0.443. The van der Waals surface area contributed by atoms with Crippen molar-refractivity contribution in [2.75, 3.05) is 12.3 Å². The molecule has 1 aliphatic heterocycles. The van der Waals surface area contributed by atoms with E-state index in [1.54, 1.807) is 17.8 Å². The van der Waals surface area contributed by atoms with E-state index in [0.717, 1.165) is 23.6 Å². The van der Waals surface area contributed by atoms with E-state index in [4.69, 9.17) is 4.74 Å². The highest BCUT2D eigenvalue weighted by molar-refractivity contribution is 8.13. The van der Waals surface area contributed by atoms with Crippen LogP contribution in [0.15, 0.2) is 53.3 Å². The molecule has 0 bridgehead atoms. The topological polar surface area (TPSA) is 45.4 Å². The van der Waals surface area contributed by atoms with Crippen LogP contribution in [-0.4, -0.2) is 17.5 Å². The van der Waals surface area contributed by atoms with Crippen molar-refractivity contribution >= 4 is 17.0 Å². The molecule has 112 valence electrons. The average Bonchev–Trinajstić information content (AvgIpc) is 3.01. The summed E-state index contributed by atoms with van der Waals surface area (Å²) in [6.07, 6.45) is 9.44. The zero-order valence-electron chi connectivity index (χ0n) is 12.9. The number of allylic oxidation sites excluding steroid dienone is 6. The number of hydrogen-bond donors (Lipinski definition) is 0. The molecule has 0 saturated heterocycles. The fraction of sp³-hybridized carbons (Fsp3) is 0.412. The van der Waals surface area contributed by atoms with Crippen LogP contribution in [0, 0.1) is 23.2 Å². The zero-order chi connectivity index (χ0) is 15.7. The van der Waals surface area contributed by atoms with Crippen molar-refractivity contribution in [2.45, 2.75) is 20.8 Å². The number of hydrogen-bond acceptors (Lipinski definition) is 4. The van der Waals surface area contributed by atoms with Crippen molar-refractivity contribution in [3.8, 4) is 6.07 Å². The highest BCUT2D eigenvalue weighted by Gasteiger charge is 2.17. The summed E-state index contributed by atoms with van der Waals surface area (Å²) in [7, 11) is 0. The van der Waals surface area contributed by atoms with Gasteiger partial charge in [-0.15, -0.1) is 0 Å². The molecule has 4 heteroatoms. The van der Waals surface area contributed by atoms with Gasteiger partial charge in [-0.05, 0) is 31.6 Å². The summed E-state index contributed by atoms with van der Waals surface area (Å²) in [6, 6.07) is 2.32. The van der Waals surface area contributed by atoms with Crippen LogP contribution in [0.1, 0.15) is 20.8 Å². The molecule has 0 aromatic rings. The third-order valence-electron chi connectivity index (χ3n) is 3.21. The van der Waals surface area contributed by atoms with Gasteiger partial charge in [0.05, 0.1) is 18.5 Å². The maximum absolute atomic E-state index is 9.26. The van der Waals surface area contributed by atoms with Gasteiger partial charge in [-0.3, -0.25) is 0 Å². The molecule has 2 unspecified atom stereocenters. The Morgan fingerprint density at radius 1 is 1.52 bits per heavy atom. The Morgan fingerprint density at radius 3 is 2.76 bits per heavy atom. The molecule has 0 fully saturated rings. The van der Waals surface area contributed by atoms with Gasteiger partial charge >= 0.3 is 0 Å². The number of nitrogens with zero attached hydrogens (tertiary/aromatic N) is 2. The second-order valence-electron chi connectivity index (χ2n) is 4.61. The lowest BCUT2D eigenvalue weighted by Crippen LogP contribution is -2.10. The Bertz CT molecular complexity index is 523. The summed E-state index contributed by atoms with van der Waals surface area (Å²) in [4.78, 5) is 4.28. The molecule has 0 radical (unpaired) electrons. The predicted molar refractivity (Wildman–Crippen MR) is 91.0 cm³/mol. The molecule has 1 heterocycles. The molecule has 0 aliphatic carbocycles. The first-order valence-corrected chi connectivity index (χ1v) is 8.02. The van der Waals surface area contributed by atoms with Crippen LogP contribution in [0.3, 0.4) is 0 Å². The standard InChI is InChI=1S/C17H22N2OS/c1-5-8-15(12-18)13(4)14(6-2)11-16(7-3)20-17-19-9-10-21-17/h5-8,11,13,15H,2,9-10H2,1,3-4H3/b8-5+,14-11+,16-7+. The Morgan fingerprint density at radius 2 is 2.29 bits per heavy atom. The molecule has 1 aliphatic rings. The van der Waals surface area contributed by atoms with Crippen molar-refractivity contribution in [3.05, 3.63) is 48.3 Å². The number of ether oxygens (including phenoxy) is 1. The van der Waals surface area contributed by atoms with Crippen molar-refractivity contribution in [1.29, 1.82) is 5.26 Å². The Labute approximate surface area is 131 Å². The molecular weight excluding hydrogens is 280 g/mol. The number of nitriles is 1. The molecule has 3 nitrogen and oxygen atoms in total. The summed E-state index contributed by atoms with van der Waals surface area (Å²) >= 11 is 1.62. The maximum atomic E-state index is 9.26. The summed E-state index contributed by atoms with van der Waals surface area (Å²) in [6.45, 7) is 10.5. The summed E-state index contributed by atoms with van der Waals surface area (Å²) in [5.74, 6) is 1.59.